The van der Waals surface area contributed by atoms with Gasteiger partial charge in [-0.3, -0.25) is 9.69 Å². The third-order valence-electron chi connectivity index (χ3n) is 3.87. The molecule has 2 aromatic rings. The van der Waals surface area contributed by atoms with Gasteiger partial charge in [-0.15, -0.1) is 0 Å². The summed E-state index contributed by atoms with van der Waals surface area (Å²) in [6, 6.07) is 11.6. The third kappa shape index (κ3) is 3.35. The van der Waals surface area contributed by atoms with Crippen molar-refractivity contribution in [2.45, 2.75) is 20.0 Å². The summed E-state index contributed by atoms with van der Waals surface area (Å²) < 4.78 is 10.8. The molecule has 1 amide bonds. The van der Waals surface area contributed by atoms with Crippen molar-refractivity contribution in [3.63, 3.8) is 0 Å². The number of fused-ring (bicyclic) bond motifs is 1. The van der Waals surface area contributed by atoms with Crippen LogP contribution in [0.1, 0.15) is 16.8 Å². The molecule has 23 heavy (non-hydrogen) atoms. The summed E-state index contributed by atoms with van der Waals surface area (Å²) in [7, 11) is 1.66. The van der Waals surface area contributed by atoms with E-state index in [2.05, 4.69) is 4.98 Å². The lowest BCUT2D eigenvalue weighted by molar-refractivity contribution is -0.118. The van der Waals surface area contributed by atoms with Crippen LogP contribution in [0, 0.1) is 6.92 Å². The first-order chi connectivity index (χ1) is 11.2. The number of carbonyl (C=O) groups excluding carboxylic acids is 1. The molecule has 5 heteroatoms. The molecule has 1 aromatic carbocycles. The van der Waals surface area contributed by atoms with Gasteiger partial charge in [0.1, 0.15) is 6.61 Å². The minimum Gasteiger partial charge on any atom is -0.488 e. The van der Waals surface area contributed by atoms with Gasteiger partial charge in [0.15, 0.2) is 11.6 Å². The number of carbonyl (C=O) groups is 1. The van der Waals surface area contributed by atoms with Crippen molar-refractivity contribution in [3.05, 3.63) is 53.2 Å². The van der Waals surface area contributed by atoms with E-state index >= 15 is 0 Å². The third-order valence-corrected chi connectivity index (χ3v) is 3.87. The molecule has 3 rings (SSSR count). The van der Waals surface area contributed by atoms with Crippen molar-refractivity contribution in [2.24, 2.45) is 0 Å². The fraction of sp³-hybridized carbons (Fsp3) is 0.333. The summed E-state index contributed by atoms with van der Waals surface area (Å²) in [6.45, 7) is 3.42. The van der Waals surface area contributed by atoms with E-state index in [1.165, 1.54) is 0 Å². The van der Waals surface area contributed by atoms with Crippen LogP contribution in [0.15, 0.2) is 36.4 Å². The maximum absolute atomic E-state index is 12.8. The number of benzene rings is 1. The predicted octanol–water partition coefficient (Wildman–Crippen LogP) is 2.50. The molecule has 0 saturated heterocycles. The molecule has 1 aromatic heterocycles. The van der Waals surface area contributed by atoms with Crippen molar-refractivity contribution in [2.75, 3.05) is 25.2 Å². The Labute approximate surface area is 135 Å². The number of hydrogen-bond donors (Lipinski definition) is 0. The van der Waals surface area contributed by atoms with E-state index in [1.54, 1.807) is 12.0 Å². The fourth-order valence-electron chi connectivity index (χ4n) is 2.72. The molecule has 0 aliphatic carbocycles. The number of aryl methyl sites for hydroxylation is 1. The summed E-state index contributed by atoms with van der Waals surface area (Å²) in [4.78, 5) is 19.0. The van der Waals surface area contributed by atoms with Crippen molar-refractivity contribution in [3.8, 4) is 5.75 Å². The molecular formula is C18H20N2O3. The maximum atomic E-state index is 12.8. The molecule has 0 atom stereocenters. The first kappa shape index (κ1) is 15.5. The quantitative estimate of drug-likeness (QED) is 0.870. The largest absolute Gasteiger partial charge is 0.488 e. The molecule has 0 saturated carbocycles. The Bertz CT molecular complexity index is 715. The van der Waals surface area contributed by atoms with Crippen LogP contribution >= 0.6 is 0 Å². The number of hydrogen-bond acceptors (Lipinski definition) is 4. The first-order valence-corrected chi connectivity index (χ1v) is 7.65. The average molecular weight is 312 g/mol. The van der Waals surface area contributed by atoms with E-state index in [9.17, 15) is 4.79 Å². The molecule has 0 radical (unpaired) electrons. The van der Waals surface area contributed by atoms with Crippen LogP contribution in [0.5, 0.6) is 5.75 Å². The second-order valence-electron chi connectivity index (χ2n) is 5.55. The van der Waals surface area contributed by atoms with Crippen molar-refractivity contribution in [1.29, 1.82) is 0 Å². The van der Waals surface area contributed by atoms with Crippen LogP contribution in [-0.4, -0.2) is 31.2 Å². The molecule has 1 aliphatic rings. The van der Waals surface area contributed by atoms with Gasteiger partial charge in [-0.1, -0.05) is 24.3 Å². The number of pyridine rings is 1. The van der Waals surface area contributed by atoms with Crippen LogP contribution in [0.4, 0.5) is 5.82 Å². The van der Waals surface area contributed by atoms with Gasteiger partial charge in [0, 0.05) is 12.8 Å². The molecule has 5 nitrogen and oxygen atoms in total. The number of ether oxygens (including phenoxy) is 2. The highest BCUT2D eigenvalue weighted by Gasteiger charge is 2.25. The van der Waals surface area contributed by atoms with Crippen LogP contribution in [0.25, 0.3) is 0 Å². The van der Waals surface area contributed by atoms with Gasteiger partial charge in [0.25, 0.3) is 0 Å². The van der Waals surface area contributed by atoms with Gasteiger partial charge >= 0.3 is 0 Å². The summed E-state index contributed by atoms with van der Waals surface area (Å²) in [5.41, 5.74) is 2.89. The molecule has 1 aliphatic heterocycles. The number of rotatable bonds is 4. The summed E-state index contributed by atoms with van der Waals surface area (Å²) in [6.07, 6.45) is 0.328. The first-order valence-electron chi connectivity index (χ1n) is 7.65. The van der Waals surface area contributed by atoms with E-state index in [-0.39, 0.29) is 5.91 Å². The number of methoxy groups -OCH3 is 1. The SMILES string of the molecule is COCc1ccccc1CC(=O)N1CCOc2ccc(C)nc21. The highest BCUT2D eigenvalue weighted by molar-refractivity contribution is 5.95. The zero-order valence-electron chi connectivity index (χ0n) is 13.4. The maximum Gasteiger partial charge on any atom is 0.232 e. The van der Waals surface area contributed by atoms with Gasteiger partial charge in [-0.05, 0) is 30.2 Å². The highest BCUT2D eigenvalue weighted by atomic mass is 16.5. The van der Waals surface area contributed by atoms with E-state index in [0.29, 0.717) is 37.7 Å². The number of anilines is 1. The lowest BCUT2D eigenvalue weighted by Crippen LogP contribution is -2.39. The molecule has 120 valence electrons. The Kier molecular flexibility index (Phi) is 4.57. The van der Waals surface area contributed by atoms with Gasteiger partial charge < -0.3 is 9.47 Å². The second kappa shape index (κ2) is 6.79. The summed E-state index contributed by atoms with van der Waals surface area (Å²) >= 11 is 0. The number of nitrogens with zero attached hydrogens (tertiary/aromatic N) is 2. The zero-order chi connectivity index (χ0) is 16.2. The van der Waals surface area contributed by atoms with E-state index in [4.69, 9.17) is 9.47 Å². The van der Waals surface area contributed by atoms with Crippen LogP contribution in [-0.2, 0) is 22.6 Å². The molecular weight excluding hydrogens is 292 g/mol. The Morgan fingerprint density at radius 3 is 2.83 bits per heavy atom. The fourth-order valence-corrected chi connectivity index (χ4v) is 2.72. The molecule has 0 N–H and O–H groups in total. The molecule has 2 heterocycles. The van der Waals surface area contributed by atoms with E-state index in [0.717, 1.165) is 16.8 Å². The van der Waals surface area contributed by atoms with Crippen molar-refractivity contribution in [1.82, 2.24) is 4.98 Å². The van der Waals surface area contributed by atoms with Gasteiger partial charge in [-0.2, -0.15) is 0 Å². The smallest absolute Gasteiger partial charge is 0.232 e. The van der Waals surface area contributed by atoms with Gasteiger partial charge in [0.05, 0.1) is 19.6 Å². The summed E-state index contributed by atoms with van der Waals surface area (Å²) in [5.74, 6) is 1.31. The van der Waals surface area contributed by atoms with E-state index in [1.807, 2.05) is 43.3 Å². The van der Waals surface area contributed by atoms with Crippen molar-refractivity contribution >= 4 is 11.7 Å². The molecule has 0 spiro atoms. The van der Waals surface area contributed by atoms with Crippen LogP contribution in [0.3, 0.4) is 0 Å². The van der Waals surface area contributed by atoms with Gasteiger partial charge in [0.2, 0.25) is 5.91 Å². The molecule has 0 unspecified atom stereocenters. The number of aromatic nitrogens is 1. The van der Waals surface area contributed by atoms with E-state index < -0.39 is 0 Å². The summed E-state index contributed by atoms with van der Waals surface area (Å²) in [5, 5.41) is 0. The lowest BCUT2D eigenvalue weighted by Gasteiger charge is -2.28. The molecule has 0 bridgehead atoms. The standard InChI is InChI=1S/C18H20N2O3/c1-13-7-8-16-18(19-13)20(9-10-23-16)17(21)11-14-5-3-4-6-15(14)12-22-2/h3-8H,9-12H2,1-2H3. The Hall–Kier alpha value is -2.40. The van der Waals surface area contributed by atoms with Crippen molar-refractivity contribution < 1.29 is 14.3 Å². The molecule has 0 fully saturated rings. The Morgan fingerprint density at radius 1 is 1.26 bits per heavy atom. The highest BCUT2D eigenvalue weighted by Crippen LogP contribution is 2.30. The van der Waals surface area contributed by atoms with Crippen LogP contribution < -0.4 is 9.64 Å². The van der Waals surface area contributed by atoms with Crippen LogP contribution in [0.2, 0.25) is 0 Å². The van der Waals surface area contributed by atoms with Gasteiger partial charge in [-0.25, -0.2) is 4.98 Å². The normalized spacial score (nSPS) is 13.4. The Balaban J connectivity index is 1.84. The zero-order valence-corrected chi connectivity index (χ0v) is 13.4. The predicted molar refractivity (Wildman–Crippen MR) is 87.7 cm³/mol. The topological polar surface area (TPSA) is 51.7 Å². The Morgan fingerprint density at radius 2 is 2.04 bits per heavy atom. The number of amides is 1. The average Bonchev–Trinajstić information content (AvgIpc) is 2.56. The lowest BCUT2D eigenvalue weighted by atomic mass is 10.0. The minimum atomic E-state index is 0.0243. The minimum absolute atomic E-state index is 0.0243. The monoisotopic (exact) mass is 312 g/mol. The second-order valence-corrected chi connectivity index (χ2v) is 5.55.